The molecule has 0 bridgehead atoms. The van der Waals surface area contributed by atoms with Gasteiger partial charge in [-0.1, -0.05) is 130 Å². The second-order valence-corrected chi connectivity index (χ2v) is 12.9. The molecule has 0 aliphatic heterocycles. The van der Waals surface area contributed by atoms with E-state index in [2.05, 4.69) is 39.5 Å². The van der Waals surface area contributed by atoms with Gasteiger partial charge in [-0.15, -0.1) is 6.54 Å². The zero-order chi connectivity index (χ0) is 31.8. The molecule has 0 saturated heterocycles. The van der Waals surface area contributed by atoms with E-state index in [1.54, 1.807) is 0 Å². The summed E-state index contributed by atoms with van der Waals surface area (Å²) < 4.78 is 11.4. The van der Waals surface area contributed by atoms with Gasteiger partial charge in [0.15, 0.2) is 0 Å². The summed E-state index contributed by atoms with van der Waals surface area (Å²) in [5.41, 5.74) is 0. The minimum Gasteiger partial charge on any atom is -0.465 e. The van der Waals surface area contributed by atoms with Gasteiger partial charge >= 0.3 is 11.9 Å². The number of rotatable bonds is 33. The van der Waals surface area contributed by atoms with E-state index in [1.165, 1.54) is 64.2 Å². The summed E-state index contributed by atoms with van der Waals surface area (Å²) >= 11 is 0. The summed E-state index contributed by atoms with van der Waals surface area (Å²) in [6.45, 7) is 17.1. The third kappa shape index (κ3) is 27.9. The quantitative estimate of drug-likeness (QED) is 0.0295. The average Bonchev–Trinajstić information content (AvgIpc) is 3.01. The van der Waals surface area contributed by atoms with E-state index < -0.39 is 0 Å². The van der Waals surface area contributed by atoms with E-state index in [0.717, 1.165) is 110 Å². The molecule has 0 aromatic rings. The van der Waals surface area contributed by atoms with Crippen LogP contribution in [0.4, 0.5) is 0 Å². The van der Waals surface area contributed by atoms with Gasteiger partial charge in [0.25, 0.3) is 0 Å². The van der Waals surface area contributed by atoms with E-state index in [9.17, 15) is 9.59 Å². The molecule has 0 N–H and O–H groups in total. The molecule has 6 heteroatoms. The zero-order valence-corrected chi connectivity index (χ0v) is 31.9. The Hall–Kier alpha value is -0.412. The van der Waals surface area contributed by atoms with Crippen LogP contribution < -0.4 is 0 Å². The van der Waals surface area contributed by atoms with Gasteiger partial charge in [-0.25, -0.2) is 0 Å². The second-order valence-electron chi connectivity index (χ2n) is 12.9. The molecule has 44 heavy (non-hydrogen) atoms. The van der Waals surface area contributed by atoms with Crippen LogP contribution in [0.15, 0.2) is 0 Å². The van der Waals surface area contributed by atoms with Gasteiger partial charge in [0.1, 0.15) is 0 Å². The molecule has 0 rings (SSSR count). The van der Waals surface area contributed by atoms with Gasteiger partial charge in [-0.3, -0.25) is 9.59 Å². The Bertz CT molecular complexity index is 568. The Morgan fingerprint density at radius 1 is 0.500 bits per heavy atom. The monoisotopic (exact) mass is 706 g/mol. The van der Waals surface area contributed by atoms with Crippen molar-refractivity contribution in [1.29, 1.82) is 0 Å². The largest absolute Gasteiger partial charge is 0.465 e. The molecule has 0 radical (unpaired) electrons. The molecule has 2 unspecified atom stereocenters. The van der Waals surface area contributed by atoms with E-state index in [1.807, 2.05) is 0 Å². The summed E-state index contributed by atoms with van der Waals surface area (Å²) in [5.74, 6) is 0.288. The fraction of sp³-hybridized carbons (Fsp3) is 0.921. The van der Waals surface area contributed by atoms with Gasteiger partial charge in [0.2, 0.25) is 0 Å². The number of carbonyl (C=O) groups excluding carboxylic acids is 2. The third-order valence-corrected chi connectivity index (χ3v) is 8.83. The molecule has 262 valence electrons. The van der Waals surface area contributed by atoms with Gasteiger partial charge in [0.05, 0.1) is 25.0 Å². The molecule has 0 aromatic carbocycles. The number of unbranched alkanes of at least 4 members (excludes halogenated alkanes) is 14. The van der Waals surface area contributed by atoms with Crippen LogP contribution >= 0.6 is 0 Å². The van der Waals surface area contributed by atoms with E-state index >= 15 is 0 Å². The molecule has 0 aliphatic carbocycles. The van der Waals surface area contributed by atoms with E-state index in [4.69, 9.17) is 9.47 Å². The third-order valence-electron chi connectivity index (χ3n) is 8.83. The number of ether oxygens (including phenoxy) is 2. The van der Waals surface area contributed by atoms with Crippen molar-refractivity contribution in [1.82, 2.24) is 4.90 Å². The first-order chi connectivity index (χ1) is 21.0. The van der Waals surface area contributed by atoms with Crippen molar-refractivity contribution in [2.45, 2.75) is 182 Å². The maximum Gasteiger partial charge on any atom is 0.308 e. The van der Waals surface area contributed by atoms with Crippen molar-refractivity contribution >= 4 is 11.9 Å². The van der Waals surface area contributed by atoms with E-state index in [0.29, 0.717) is 13.2 Å². The summed E-state index contributed by atoms with van der Waals surface area (Å²) in [6, 6.07) is 0. The van der Waals surface area contributed by atoms with Gasteiger partial charge in [-0.2, -0.15) is 0 Å². The summed E-state index contributed by atoms with van der Waals surface area (Å²) in [7, 11) is 0. The fourth-order valence-corrected chi connectivity index (χ4v) is 5.79. The van der Waals surface area contributed by atoms with Crippen LogP contribution in [0.2, 0.25) is 0 Å². The molecule has 0 aliphatic rings. The number of esters is 2. The second kappa shape index (κ2) is 35.4. The van der Waals surface area contributed by atoms with Crippen LogP contribution in [-0.2, 0) is 40.1 Å². The van der Waals surface area contributed by atoms with Crippen molar-refractivity contribution < 1.29 is 40.1 Å². The first-order valence-electron chi connectivity index (χ1n) is 18.9. The topological polar surface area (TPSA) is 55.8 Å². The predicted octanol–water partition coefficient (Wildman–Crippen LogP) is 10.9. The van der Waals surface area contributed by atoms with Crippen molar-refractivity contribution in [2.75, 3.05) is 32.8 Å². The summed E-state index contributed by atoms with van der Waals surface area (Å²) in [6.07, 6.45) is 27.1. The van der Waals surface area contributed by atoms with Crippen molar-refractivity contribution in [3.05, 3.63) is 6.92 Å². The van der Waals surface area contributed by atoms with Crippen molar-refractivity contribution in [3.8, 4) is 0 Å². The molecule has 0 amide bonds. The van der Waals surface area contributed by atoms with Gasteiger partial charge < -0.3 is 21.3 Å². The van der Waals surface area contributed by atoms with Crippen LogP contribution in [0.25, 0.3) is 0 Å². The molecule has 0 fully saturated rings. The number of hydrogen-bond donors (Lipinski definition) is 0. The van der Waals surface area contributed by atoms with E-state index in [-0.39, 0.29) is 44.8 Å². The molecule has 2 atom stereocenters. The standard InChI is InChI=1S/C38H74NO4.Mo/c1-6-11-15-21-29-35(27-13-8-3)37(40)42-33-25-19-17-23-31-39(10-5)32-24-18-20-26-34-43-38(41)36(28-14-9-4)30-22-16-12-7-2;/h35-36H,5-34H2,1-4H3;/q-1;. The minimum absolute atomic E-state index is 0. The Balaban J connectivity index is 0. The maximum absolute atomic E-state index is 12.6. The molecular weight excluding hydrogens is 630 g/mol. The van der Waals surface area contributed by atoms with Crippen molar-refractivity contribution in [3.63, 3.8) is 0 Å². The van der Waals surface area contributed by atoms with Crippen LogP contribution in [0, 0.1) is 18.8 Å². The molecule has 5 nitrogen and oxygen atoms in total. The number of carbonyl (C=O) groups is 2. The Morgan fingerprint density at radius 2 is 0.841 bits per heavy atom. The normalized spacial score (nSPS) is 12.6. The predicted molar refractivity (Wildman–Crippen MR) is 184 cm³/mol. The number of nitrogens with zero attached hydrogens (tertiary/aromatic N) is 1. The average molecular weight is 705 g/mol. The fourth-order valence-electron chi connectivity index (χ4n) is 5.79. The Labute approximate surface area is 289 Å². The first kappa shape index (κ1) is 45.7. The molecular formula is C38H74MoNO4-. The van der Waals surface area contributed by atoms with Crippen LogP contribution in [0.3, 0.4) is 0 Å². The summed E-state index contributed by atoms with van der Waals surface area (Å²) in [5, 5.41) is 0. The molecule has 0 heterocycles. The van der Waals surface area contributed by atoms with Crippen LogP contribution in [0.1, 0.15) is 182 Å². The Kier molecular flexibility index (Phi) is 36.8. The Morgan fingerprint density at radius 3 is 1.20 bits per heavy atom. The molecule has 0 spiro atoms. The SMILES string of the molecule is [CH2-]CN(CCCCCCOC(=O)C(CCCC)CCCCCC)CCCCCCOC(=O)C(CCCC)CCCCCC.[Mo]. The molecule has 0 saturated carbocycles. The first-order valence-corrected chi connectivity index (χ1v) is 18.9. The number of hydrogen-bond acceptors (Lipinski definition) is 5. The summed E-state index contributed by atoms with van der Waals surface area (Å²) in [4.78, 5) is 27.7. The smallest absolute Gasteiger partial charge is 0.308 e. The van der Waals surface area contributed by atoms with Crippen molar-refractivity contribution in [2.24, 2.45) is 11.8 Å². The van der Waals surface area contributed by atoms with Crippen LogP contribution in [-0.4, -0.2) is 49.7 Å². The molecule has 0 aromatic heterocycles. The van der Waals surface area contributed by atoms with Gasteiger partial charge in [0, 0.05) is 21.1 Å². The van der Waals surface area contributed by atoms with Gasteiger partial charge in [-0.05, 0) is 64.5 Å². The minimum atomic E-state index is 0. The zero-order valence-electron chi connectivity index (χ0n) is 29.9. The van der Waals surface area contributed by atoms with Crippen LogP contribution in [0.5, 0.6) is 0 Å². The maximum atomic E-state index is 12.6.